The molecular formula is C26H30N4O4. The molecule has 0 atom stereocenters. The first-order valence-electron chi connectivity index (χ1n) is 11.1. The number of carbonyl (C=O) groups excluding carboxylic acids is 1. The number of nitrogens with zero attached hydrogens (tertiary/aromatic N) is 2. The highest BCUT2D eigenvalue weighted by molar-refractivity contribution is 6.10. The summed E-state index contributed by atoms with van der Waals surface area (Å²) in [5, 5.41) is 6.08. The van der Waals surface area contributed by atoms with Crippen LogP contribution in [0.1, 0.15) is 35.3 Å². The number of hydrogen-bond donors (Lipinski definition) is 2. The van der Waals surface area contributed by atoms with Gasteiger partial charge in [-0.1, -0.05) is 6.07 Å². The number of carbonyl (C=O) groups is 1. The predicted molar refractivity (Wildman–Crippen MR) is 133 cm³/mol. The van der Waals surface area contributed by atoms with Gasteiger partial charge in [0, 0.05) is 18.0 Å². The van der Waals surface area contributed by atoms with Gasteiger partial charge in [-0.25, -0.2) is 4.99 Å². The number of aliphatic imine (C=N–C) groups is 1. The molecular weight excluding hydrogens is 432 g/mol. The van der Waals surface area contributed by atoms with Crippen LogP contribution in [0, 0.1) is 6.92 Å². The van der Waals surface area contributed by atoms with Crippen LogP contribution >= 0.6 is 0 Å². The molecule has 0 unspecified atom stereocenters. The molecule has 0 fully saturated rings. The second-order valence-corrected chi connectivity index (χ2v) is 7.33. The molecule has 0 saturated carbocycles. The first-order valence-corrected chi connectivity index (χ1v) is 11.1. The molecule has 1 heterocycles. The minimum atomic E-state index is -0.336. The van der Waals surface area contributed by atoms with Crippen molar-refractivity contribution in [2.24, 2.45) is 4.99 Å². The maximum Gasteiger partial charge on any atom is 0.258 e. The Labute approximate surface area is 200 Å². The van der Waals surface area contributed by atoms with Gasteiger partial charge in [-0.15, -0.1) is 0 Å². The lowest BCUT2D eigenvalue weighted by molar-refractivity contribution is 0.0976. The summed E-state index contributed by atoms with van der Waals surface area (Å²) < 4.78 is 16.7. The number of rotatable bonds is 9. The molecule has 3 aromatic rings. The quantitative estimate of drug-likeness (QED) is 0.357. The van der Waals surface area contributed by atoms with E-state index in [9.17, 15) is 4.79 Å². The van der Waals surface area contributed by atoms with E-state index in [0.717, 1.165) is 11.1 Å². The fourth-order valence-electron chi connectivity index (χ4n) is 3.19. The highest BCUT2D eigenvalue weighted by Gasteiger charge is 2.15. The second kappa shape index (κ2) is 12.2. The largest absolute Gasteiger partial charge is 0.495 e. The van der Waals surface area contributed by atoms with E-state index in [-0.39, 0.29) is 11.9 Å². The van der Waals surface area contributed by atoms with Crippen molar-refractivity contribution in [3.63, 3.8) is 0 Å². The molecule has 0 aliphatic heterocycles. The molecule has 0 radical (unpaired) electrons. The number of hydrogen-bond acceptors (Lipinski definition) is 6. The molecule has 1 aromatic heterocycles. The zero-order chi connectivity index (χ0) is 24.3. The molecule has 2 aromatic carbocycles. The van der Waals surface area contributed by atoms with Crippen LogP contribution in [-0.4, -0.2) is 37.2 Å². The number of pyridine rings is 1. The third-order valence-corrected chi connectivity index (χ3v) is 4.81. The maximum atomic E-state index is 13.1. The molecule has 0 aliphatic carbocycles. The molecule has 178 valence electrons. The monoisotopic (exact) mass is 462 g/mol. The molecule has 0 saturated heterocycles. The Bertz CT molecular complexity index is 1130. The van der Waals surface area contributed by atoms with Crippen molar-refractivity contribution in [1.82, 2.24) is 10.3 Å². The average molecular weight is 463 g/mol. The van der Waals surface area contributed by atoms with Gasteiger partial charge in [-0.3, -0.25) is 15.1 Å². The smallest absolute Gasteiger partial charge is 0.258 e. The van der Waals surface area contributed by atoms with E-state index in [1.807, 2.05) is 51.1 Å². The van der Waals surface area contributed by atoms with Crippen molar-refractivity contribution in [1.29, 1.82) is 0 Å². The van der Waals surface area contributed by atoms with E-state index in [0.29, 0.717) is 48.3 Å². The number of amides is 1. The number of guanidine groups is 1. The Balaban J connectivity index is 1.88. The number of benzene rings is 2. The lowest BCUT2D eigenvalue weighted by Crippen LogP contribution is -2.36. The zero-order valence-electron chi connectivity index (χ0n) is 19.9. The number of anilines is 1. The highest BCUT2D eigenvalue weighted by Crippen LogP contribution is 2.29. The van der Waals surface area contributed by atoms with Crippen LogP contribution in [0.3, 0.4) is 0 Å². The summed E-state index contributed by atoms with van der Waals surface area (Å²) in [7, 11) is 1.59. The highest BCUT2D eigenvalue weighted by atomic mass is 16.5. The van der Waals surface area contributed by atoms with Crippen molar-refractivity contribution in [3.05, 3.63) is 77.6 Å². The number of methoxy groups -OCH3 is 1. The Morgan fingerprint density at radius 3 is 2.35 bits per heavy atom. The minimum Gasteiger partial charge on any atom is -0.495 e. The van der Waals surface area contributed by atoms with E-state index >= 15 is 0 Å². The number of aromatic nitrogens is 1. The molecule has 3 rings (SSSR count). The molecule has 0 bridgehead atoms. The molecule has 0 spiro atoms. The normalized spacial score (nSPS) is 11.0. The van der Waals surface area contributed by atoms with Gasteiger partial charge in [0.25, 0.3) is 5.91 Å². The summed E-state index contributed by atoms with van der Waals surface area (Å²) in [4.78, 5) is 21.8. The summed E-state index contributed by atoms with van der Waals surface area (Å²) in [5.74, 6) is 1.70. The minimum absolute atomic E-state index is 0.289. The molecule has 34 heavy (non-hydrogen) atoms. The molecule has 1 amide bonds. The second-order valence-electron chi connectivity index (χ2n) is 7.33. The Morgan fingerprint density at radius 1 is 0.941 bits per heavy atom. The lowest BCUT2D eigenvalue weighted by Gasteiger charge is -2.16. The standard InChI is InChI=1S/C26H30N4O4/c1-5-33-23-10-8-20(16-24(23)34-6-2)25(31)30-26(28-17-19-11-13-27-14-12-19)29-21-15-18(3)7-9-22(21)32-4/h7-16H,5-6,17H2,1-4H3,(H2,28,29,30,31). The van der Waals surface area contributed by atoms with E-state index in [2.05, 4.69) is 20.6 Å². The average Bonchev–Trinajstić information content (AvgIpc) is 2.84. The summed E-state index contributed by atoms with van der Waals surface area (Å²) in [5.41, 5.74) is 3.11. The van der Waals surface area contributed by atoms with Crippen LogP contribution in [-0.2, 0) is 6.54 Å². The number of aryl methyl sites for hydroxylation is 1. The fraction of sp³-hybridized carbons (Fsp3) is 0.269. The third-order valence-electron chi connectivity index (χ3n) is 4.81. The van der Waals surface area contributed by atoms with Crippen molar-refractivity contribution in [3.8, 4) is 17.2 Å². The van der Waals surface area contributed by atoms with Gasteiger partial charge in [-0.2, -0.15) is 0 Å². The lowest BCUT2D eigenvalue weighted by atomic mass is 10.2. The SMILES string of the molecule is CCOc1ccc(C(=O)NC(=NCc2ccncc2)Nc2cc(C)ccc2OC)cc1OCC. The first-order chi connectivity index (χ1) is 16.5. The fourth-order valence-corrected chi connectivity index (χ4v) is 3.19. The number of ether oxygens (including phenoxy) is 3. The molecule has 0 aliphatic rings. The Hall–Kier alpha value is -4.07. The first kappa shape index (κ1) is 24.6. The van der Waals surface area contributed by atoms with E-state index < -0.39 is 0 Å². The van der Waals surface area contributed by atoms with Crippen molar-refractivity contribution >= 4 is 17.6 Å². The van der Waals surface area contributed by atoms with Crippen molar-refractivity contribution < 1.29 is 19.0 Å². The van der Waals surface area contributed by atoms with Gasteiger partial charge < -0.3 is 19.5 Å². The van der Waals surface area contributed by atoms with Crippen LogP contribution in [0.15, 0.2) is 65.9 Å². The zero-order valence-corrected chi connectivity index (χ0v) is 19.9. The van der Waals surface area contributed by atoms with Crippen LogP contribution in [0.25, 0.3) is 0 Å². The van der Waals surface area contributed by atoms with E-state index in [1.165, 1.54) is 0 Å². The summed E-state index contributed by atoms with van der Waals surface area (Å²) in [6, 6.07) is 14.6. The van der Waals surface area contributed by atoms with Crippen molar-refractivity contribution in [2.75, 3.05) is 25.6 Å². The topological polar surface area (TPSA) is 94.1 Å². The van der Waals surface area contributed by atoms with Crippen LogP contribution in [0.4, 0.5) is 5.69 Å². The van der Waals surface area contributed by atoms with E-state index in [4.69, 9.17) is 14.2 Å². The summed E-state index contributed by atoms with van der Waals surface area (Å²) >= 11 is 0. The van der Waals surface area contributed by atoms with Gasteiger partial charge in [0.1, 0.15) is 5.75 Å². The van der Waals surface area contributed by atoms with Crippen molar-refractivity contribution in [2.45, 2.75) is 27.3 Å². The Kier molecular flexibility index (Phi) is 8.85. The van der Waals surface area contributed by atoms with Gasteiger partial charge in [0.05, 0.1) is 32.6 Å². The van der Waals surface area contributed by atoms with E-state index in [1.54, 1.807) is 37.7 Å². The Morgan fingerprint density at radius 2 is 1.65 bits per heavy atom. The summed E-state index contributed by atoms with van der Waals surface area (Å²) in [6.07, 6.45) is 3.41. The van der Waals surface area contributed by atoms with Gasteiger partial charge >= 0.3 is 0 Å². The van der Waals surface area contributed by atoms with Gasteiger partial charge in [0.15, 0.2) is 11.5 Å². The van der Waals surface area contributed by atoms with Gasteiger partial charge in [-0.05, 0) is 74.4 Å². The van der Waals surface area contributed by atoms with Gasteiger partial charge in [0.2, 0.25) is 5.96 Å². The third kappa shape index (κ3) is 6.71. The van der Waals surface area contributed by atoms with Crippen LogP contribution < -0.4 is 24.8 Å². The van der Waals surface area contributed by atoms with Crippen LogP contribution in [0.2, 0.25) is 0 Å². The summed E-state index contributed by atoms with van der Waals surface area (Å²) in [6.45, 7) is 7.07. The van der Waals surface area contributed by atoms with Crippen LogP contribution in [0.5, 0.6) is 17.2 Å². The number of nitrogens with one attached hydrogen (secondary N) is 2. The molecule has 2 N–H and O–H groups in total. The predicted octanol–water partition coefficient (Wildman–Crippen LogP) is 4.59. The molecule has 8 nitrogen and oxygen atoms in total. The molecule has 8 heteroatoms. The maximum absolute atomic E-state index is 13.1.